The van der Waals surface area contributed by atoms with Crippen molar-refractivity contribution in [1.29, 1.82) is 5.41 Å². The van der Waals surface area contributed by atoms with Crippen molar-refractivity contribution in [2.75, 3.05) is 13.2 Å². The molecular weight excluding hydrogens is 164 g/mol. The van der Waals surface area contributed by atoms with Crippen LogP contribution in [0.15, 0.2) is 0 Å². The predicted molar refractivity (Wildman–Crippen MR) is 56.1 cm³/mol. The van der Waals surface area contributed by atoms with Crippen LogP contribution in [0, 0.1) is 5.41 Å². The fourth-order valence-electron chi connectivity index (χ4n) is 1.08. The van der Waals surface area contributed by atoms with Crippen molar-refractivity contribution < 1.29 is 4.74 Å². The number of nitrogens with one attached hydrogen (secondary N) is 1. The highest BCUT2D eigenvalue weighted by molar-refractivity contribution is 5.76. The number of unbranched alkanes of at least 4 members (excludes halogenated alkanes) is 3. The lowest BCUT2D eigenvalue weighted by molar-refractivity contribution is 0.127. The van der Waals surface area contributed by atoms with Gasteiger partial charge in [-0.25, -0.2) is 0 Å². The highest BCUT2D eigenvalue weighted by atomic mass is 16.5. The largest absolute Gasteiger partial charge is 0.388 e. The van der Waals surface area contributed by atoms with Crippen molar-refractivity contribution in [2.45, 2.75) is 45.4 Å². The van der Waals surface area contributed by atoms with E-state index < -0.39 is 0 Å². The van der Waals surface area contributed by atoms with Gasteiger partial charge in [-0.2, -0.15) is 0 Å². The molecule has 3 heteroatoms. The third kappa shape index (κ3) is 11.4. The predicted octanol–water partition coefficient (Wildman–Crippen LogP) is 2.30. The van der Waals surface area contributed by atoms with Crippen molar-refractivity contribution in [3.8, 4) is 0 Å². The van der Waals surface area contributed by atoms with Gasteiger partial charge in [-0.15, -0.1) is 0 Å². The van der Waals surface area contributed by atoms with Crippen LogP contribution in [0.4, 0.5) is 0 Å². The Morgan fingerprint density at radius 1 is 1.15 bits per heavy atom. The molecular formula is C10H22N2O. The third-order valence-corrected chi connectivity index (χ3v) is 1.88. The molecule has 3 nitrogen and oxygen atoms in total. The molecule has 0 fully saturated rings. The van der Waals surface area contributed by atoms with Gasteiger partial charge < -0.3 is 10.5 Å². The first kappa shape index (κ1) is 12.4. The summed E-state index contributed by atoms with van der Waals surface area (Å²) >= 11 is 0. The quantitative estimate of drug-likeness (QED) is 0.330. The number of ether oxygens (including phenoxy) is 1. The summed E-state index contributed by atoms with van der Waals surface area (Å²) in [6, 6.07) is 0. The van der Waals surface area contributed by atoms with Gasteiger partial charge in [-0.1, -0.05) is 19.8 Å². The summed E-state index contributed by atoms with van der Waals surface area (Å²) in [6.45, 7) is 3.89. The van der Waals surface area contributed by atoms with Crippen molar-refractivity contribution in [2.24, 2.45) is 5.73 Å². The van der Waals surface area contributed by atoms with Crippen LogP contribution in [0.2, 0.25) is 0 Å². The highest BCUT2D eigenvalue weighted by Gasteiger charge is 1.92. The van der Waals surface area contributed by atoms with Crippen molar-refractivity contribution in [1.82, 2.24) is 0 Å². The first-order valence-corrected chi connectivity index (χ1v) is 5.18. The minimum Gasteiger partial charge on any atom is -0.388 e. The maximum atomic E-state index is 7.00. The molecule has 0 amide bonds. The summed E-state index contributed by atoms with van der Waals surface area (Å²) in [5.41, 5.74) is 5.22. The molecule has 0 saturated heterocycles. The van der Waals surface area contributed by atoms with Crippen LogP contribution in [0.1, 0.15) is 45.4 Å². The first-order valence-electron chi connectivity index (χ1n) is 5.18. The lowest BCUT2D eigenvalue weighted by Gasteiger charge is -2.02. The van der Waals surface area contributed by atoms with E-state index in [0.717, 1.165) is 26.1 Å². The van der Waals surface area contributed by atoms with Gasteiger partial charge in [0.05, 0.1) is 5.84 Å². The maximum absolute atomic E-state index is 7.00. The van der Waals surface area contributed by atoms with E-state index >= 15 is 0 Å². The Labute approximate surface area is 81.2 Å². The Bertz CT molecular complexity index is 126. The molecule has 3 N–H and O–H groups in total. The van der Waals surface area contributed by atoms with Gasteiger partial charge in [0.2, 0.25) is 0 Å². The molecule has 0 heterocycles. The summed E-state index contributed by atoms with van der Waals surface area (Å²) in [5.74, 6) is 0.283. The fourth-order valence-corrected chi connectivity index (χ4v) is 1.08. The highest BCUT2D eigenvalue weighted by Crippen LogP contribution is 1.98. The van der Waals surface area contributed by atoms with Gasteiger partial charge in [-0.3, -0.25) is 5.41 Å². The molecule has 0 spiro atoms. The van der Waals surface area contributed by atoms with Crippen molar-refractivity contribution in [3.05, 3.63) is 0 Å². The summed E-state index contributed by atoms with van der Waals surface area (Å²) < 4.78 is 5.41. The van der Waals surface area contributed by atoms with Crippen molar-refractivity contribution in [3.63, 3.8) is 0 Å². The molecule has 13 heavy (non-hydrogen) atoms. The van der Waals surface area contributed by atoms with Crippen LogP contribution in [0.5, 0.6) is 0 Å². The monoisotopic (exact) mass is 186 g/mol. The molecule has 0 aliphatic heterocycles. The van der Waals surface area contributed by atoms with E-state index in [4.69, 9.17) is 15.9 Å². The Kier molecular flexibility index (Phi) is 9.10. The molecule has 0 atom stereocenters. The van der Waals surface area contributed by atoms with Crippen LogP contribution < -0.4 is 5.73 Å². The molecule has 0 aliphatic carbocycles. The van der Waals surface area contributed by atoms with E-state index in [0.29, 0.717) is 6.42 Å². The molecule has 0 aromatic carbocycles. The molecule has 78 valence electrons. The Morgan fingerprint density at radius 3 is 2.31 bits per heavy atom. The van der Waals surface area contributed by atoms with Crippen LogP contribution in [-0.4, -0.2) is 19.0 Å². The van der Waals surface area contributed by atoms with E-state index in [1.165, 1.54) is 19.3 Å². The van der Waals surface area contributed by atoms with Crippen LogP contribution in [-0.2, 0) is 4.74 Å². The lowest BCUT2D eigenvalue weighted by Crippen LogP contribution is -2.09. The van der Waals surface area contributed by atoms with E-state index in [1.54, 1.807) is 0 Å². The molecule has 0 aromatic rings. The average Bonchev–Trinajstić information content (AvgIpc) is 2.09. The number of amidine groups is 1. The second-order valence-corrected chi connectivity index (χ2v) is 3.30. The van der Waals surface area contributed by atoms with Crippen LogP contribution in [0.3, 0.4) is 0 Å². The molecule has 0 unspecified atom stereocenters. The van der Waals surface area contributed by atoms with E-state index in [1.807, 2.05) is 0 Å². The zero-order valence-electron chi connectivity index (χ0n) is 8.64. The zero-order chi connectivity index (χ0) is 9.94. The number of nitrogens with two attached hydrogens (primary N) is 1. The van der Waals surface area contributed by atoms with Crippen molar-refractivity contribution >= 4 is 5.84 Å². The SMILES string of the molecule is CCCCCOCCCCC(=N)N. The zero-order valence-corrected chi connectivity index (χ0v) is 8.64. The van der Waals surface area contributed by atoms with Crippen LogP contribution >= 0.6 is 0 Å². The standard InChI is InChI=1S/C10H22N2O/c1-2-3-5-8-13-9-6-4-7-10(11)12/h2-9H2,1H3,(H3,11,12). The molecule has 0 saturated carbocycles. The number of rotatable bonds is 9. The van der Waals surface area contributed by atoms with Gasteiger partial charge in [0.25, 0.3) is 0 Å². The fraction of sp³-hybridized carbons (Fsp3) is 0.900. The van der Waals surface area contributed by atoms with Gasteiger partial charge in [0.15, 0.2) is 0 Å². The average molecular weight is 186 g/mol. The van der Waals surface area contributed by atoms with Crippen LogP contribution in [0.25, 0.3) is 0 Å². The Morgan fingerprint density at radius 2 is 1.77 bits per heavy atom. The second kappa shape index (κ2) is 9.52. The third-order valence-electron chi connectivity index (χ3n) is 1.88. The molecule has 0 aliphatic rings. The summed E-state index contributed by atoms with van der Waals surface area (Å²) in [6.07, 6.45) is 6.37. The normalized spacial score (nSPS) is 10.2. The molecule has 0 radical (unpaired) electrons. The van der Waals surface area contributed by atoms with E-state index in [-0.39, 0.29) is 5.84 Å². The molecule has 0 bridgehead atoms. The lowest BCUT2D eigenvalue weighted by atomic mass is 10.2. The van der Waals surface area contributed by atoms with E-state index in [2.05, 4.69) is 6.92 Å². The summed E-state index contributed by atoms with van der Waals surface area (Å²) in [5, 5.41) is 7.00. The second-order valence-electron chi connectivity index (χ2n) is 3.30. The van der Waals surface area contributed by atoms with Gasteiger partial charge in [0.1, 0.15) is 0 Å². The Hall–Kier alpha value is -0.570. The smallest absolute Gasteiger partial charge is 0.0905 e. The number of hydrogen-bond donors (Lipinski definition) is 2. The minimum atomic E-state index is 0.283. The molecule has 0 aromatic heterocycles. The van der Waals surface area contributed by atoms with Gasteiger partial charge >= 0.3 is 0 Å². The minimum absolute atomic E-state index is 0.283. The Balaban J connectivity index is 2.87. The molecule has 0 rings (SSSR count). The summed E-state index contributed by atoms with van der Waals surface area (Å²) in [7, 11) is 0. The topological polar surface area (TPSA) is 59.1 Å². The van der Waals surface area contributed by atoms with Gasteiger partial charge in [-0.05, 0) is 19.3 Å². The number of hydrogen-bond acceptors (Lipinski definition) is 2. The first-order chi connectivity index (χ1) is 6.27. The summed E-state index contributed by atoms with van der Waals surface area (Å²) in [4.78, 5) is 0. The van der Waals surface area contributed by atoms with Gasteiger partial charge in [0, 0.05) is 19.6 Å². The maximum Gasteiger partial charge on any atom is 0.0905 e. The van der Waals surface area contributed by atoms with E-state index in [9.17, 15) is 0 Å².